The van der Waals surface area contributed by atoms with E-state index in [1.54, 1.807) is 0 Å². The van der Waals surface area contributed by atoms with Crippen LogP contribution in [0.15, 0.2) is 10.7 Å². The Labute approximate surface area is 50.6 Å². The van der Waals surface area contributed by atoms with Crippen molar-refractivity contribution < 1.29 is 14.1 Å². The average Bonchev–Trinajstić information content (AvgIpc) is 2.37. The predicted octanol–water partition coefficient (Wildman–Crippen LogP) is -0.144. The summed E-state index contributed by atoms with van der Waals surface area (Å²) in [5, 5.41) is 6.34. The van der Waals surface area contributed by atoms with Gasteiger partial charge < -0.3 is 9.26 Å². The first kappa shape index (κ1) is 5.74. The average molecular weight is 128 g/mol. The minimum absolute atomic E-state index is 0.0116. The normalized spacial score (nSPS) is 9.00. The van der Waals surface area contributed by atoms with Gasteiger partial charge in [-0.15, -0.1) is 5.10 Å². The lowest BCUT2D eigenvalue weighted by Crippen LogP contribution is -1.98. The van der Waals surface area contributed by atoms with Crippen LogP contribution < -0.4 is 0 Å². The zero-order chi connectivity index (χ0) is 6.69. The van der Waals surface area contributed by atoms with Crippen molar-refractivity contribution in [2.45, 2.75) is 0 Å². The Morgan fingerprint density at radius 2 is 2.67 bits per heavy atom. The van der Waals surface area contributed by atoms with E-state index in [1.165, 1.54) is 13.3 Å². The summed E-state index contributed by atoms with van der Waals surface area (Å²) in [6, 6.07) is 0. The van der Waals surface area contributed by atoms with Gasteiger partial charge in [-0.2, -0.15) is 0 Å². The molecule has 1 aromatic heterocycles. The summed E-state index contributed by atoms with van der Waals surface area (Å²) in [6.45, 7) is 0. The second-order valence-corrected chi connectivity index (χ2v) is 1.27. The molecule has 0 radical (unpaired) electrons. The molecule has 0 unspecified atom stereocenters. The smallest absolute Gasteiger partial charge is 0.378 e. The van der Waals surface area contributed by atoms with Crippen LogP contribution in [0, 0.1) is 0 Å². The zero-order valence-corrected chi connectivity index (χ0v) is 4.70. The summed E-state index contributed by atoms with van der Waals surface area (Å²) in [7, 11) is 1.25. The molecule has 9 heavy (non-hydrogen) atoms. The summed E-state index contributed by atoms with van der Waals surface area (Å²) in [6.07, 6.45) is 1.19. The first-order valence-electron chi connectivity index (χ1n) is 2.20. The van der Waals surface area contributed by atoms with E-state index in [0.29, 0.717) is 0 Å². The fourth-order valence-corrected chi connectivity index (χ4v) is 0.358. The second-order valence-electron chi connectivity index (χ2n) is 1.27. The van der Waals surface area contributed by atoms with Crippen LogP contribution in [0.2, 0.25) is 0 Å². The molecule has 0 aliphatic rings. The largest absolute Gasteiger partial charge is 0.463 e. The van der Waals surface area contributed by atoms with Crippen LogP contribution in [-0.2, 0) is 4.74 Å². The van der Waals surface area contributed by atoms with E-state index in [0.717, 1.165) is 0 Å². The molecule has 1 heterocycles. The Bertz CT molecular complexity index is 194. The monoisotopic (exact) mass is 128 g/mol. The van der Waals surface area contributed by atoms with Crippen molar-refractivity contribution in [1.29, 1.82) is 0 Å². The van der Waals surface area contributed by atoms with Gasteiger partial charge in [-0.25, -0.2) is 4.79 Å². The molecule has 5 heteroatoms. The number of carbonyl (C=O) groups is 1. The van der Waals surface area contributed by atoms with E-state index >= 15 is 0 Å². The Morgan fingerprint density at radius 3 is 3.11 bits per heavy atom. The highest BCUT2D eigenvalue weighted by molar-refractivity contribution is 5.85. The highest BCUT2D eigenvalue weighted by atomic mass is 16.6. The molecule has 0 amide bonds. The van der Waals surface area contributed by atoms with E-state index in [4.69, 9.17) is 0 Å². The number of hydrogen-bond acceptors (Lipinski definition) is 5. The van der Waals surface area contributed by atoms with Gasteiger partial charge in [0.05, 0.1) is 7.11 Å². The molecule has 48 valence electrons. The van der Waals surface area contributed by atoms with Crippen molar-refractivity contribution in [3.8, 4) is 0 Å². The van der Waals surface area contributed by atoms with Gasteiger partial charge in [-0.1, -0.05) is 0 Å². The van der Waals surface area contributed by atoms with Gasteiger partial charge in [0.1, 0.15) is 6.20 Å². The third-order valence-corrected chi connectivity index (χ3v) is 0.748. The standard InChI is InChI=1S/C4H4N2O3/c1-8-4(7)3-2-5-6-9-3/h2H,1H3. The second kappa shape index (κ2) is 2.25. The number of nitrogens with zero attached hydrogens (tertiary/aromatic N) is 2. The SMILES string of the molecule is COC(=O)c1cnno1. The predicted molar refractivity (Wildman–Crippen MR) is 25.6 cm³/mol. The van der Waals surface area contributed by atoms with E-state index < -0.39 is 5.97 Å². The van der Waals surface area contributed by atoms with E-state index in [-0.39, 0.29) is 5.76 Å². The van der Waals surface area contributed by atoms with Gasteiger partial charge in [0.2, 0.25) is 0 Å². The molecule has 1 aromatic rings. The molecule has 0 aliphatic carbocycles. The summed E-state index contributed by atoms with van der Waals surface area (Å²) in [5.41, 5.74) is 0. The maximum absolute atomic E-state index is 10.5. The van der Waals surface area contributed by atoms with E-state index in [1.807, 2.05) is 0 Å². The molecule has 0 bridgehead atoms. The zero-order valence-electron chi connectivity index (χ0n) is 4.70. The summed E-state index contributed by atoms with van der Waals surface area (Å²) >= 11 is 0. The number of esters is 1. The molecule has 0 spiro atoms. The van der Waals surface area contributed by atoms with E-state index in [2.05, 4.69) is 19.6 Å². The van der Waals surface area contributed by atoms with Gasteiger partial charge in [0.15, 0.2) is 0 Å². The molecule has 1 rings (SSSR count). The third kappa shape index (κ3) is 1.04. The third-order valence-electron chi connectivity index (χ3n) is 0.748. The fourth-order valence-electron chi connectivity index (χ4n) is 0.358. The number of carbonyl (C=O) groups excluding carboxylic acids is 1. The van der Waals surface area contributed by atoms with Gasteiger partial charge in [-0.05, 0) is 0 Å². The molecule has 0 N–H and O–H groups in total. The Hall–Kier alpha value is -1.39. The molecule has 0 saturated carbocycles. The Kier molecular flexibility index (Phi) is 1.44. The van der Waals surface area contributed by atoms with Crippen LogP contribution in [0.5, 0.6) is 0 Å². The van der Waals surface area contributed by atoms with Gasteiger partial charge in [-0.3, -0.25) is 0 Å². The first-order chi connectivity index (χ1) is 4.34. The number of aromatic nitrogens is 2. The lowest BCUT2D eigenvalue weighted by atomic mass is 10.5. The van der Waals surface area contributed by atoms with Crippen molar-refractivity contribution >= 4 is 5.97 Å². The highest BCUT2D eigenvalue weighted by Gasteiger charge is 2.08. The molecule has 0 fully saturated rings. The van der Waals surface area contributed by atoms with Crippen LogP contribution in [0.1, 0.15) is 10.6 Å². The van der Waals surface area contributed by atoms with Crippen LogP contribution in [-0.4, -0.2) is 23.4 Å². The summed E-state index contributed by atoms with van der Waals surface area (Å²) in [5.74, 6) is -0.558. The van der Waals surface area contributed by atoms with Gasteiger partial charge >= 0.3 is 5.97 Å². The number of hydrogen-bond donors (Lipinski definition) is 0. The lowest BCUT2D eigenvalue weighted by Gasteiger charge is -1.87. The number of rotatable bonds is 1. The Balaban J connectivity index is 2.77. The summed E-state index contributed by atoms with van der Waals surface area (Å²) < 4.78 is 8.63. The summed E-state index contributed by atoms with van der Waals surface area (Å²) in [4.78, 5) is 10.5. The number of methoxy groups -OCH3 is 1. The van der Waals surface area contributed by atoms with Crippen LogP contribution >= 0.6 is 0 Å². The number of ether oxygens (including phenoxy) is 1. The molecule has 0 aromatic carbocycles. The minimum Gasteiger partial charge on any atom is -0.463 e. The fraction of sp³-hybridized carbons (Fsp3) is 0.250. The molecule has 5 nitrogen and oxygen atoms in total. The van der Waals surface area contributed by atoms with Crippen molar-refractivity contribution in [1.82, 2.24) is 10.4 Å². The van der Waals surface area contributed by atoms with Crippen LogP contribution in [0.3, 0.4) is 0 Å². The molecule has 0 aliphatic heterocycles. The van der Waals surface area contributed by atoms with Crippen molar-refractivity contribution in [3.05, 3.63) is 12.0 Å². The highest BCUT2D eigenvalue weighted by Crippen LogP contribution is 1.94. The van der Waals surface area contributed by atoms with Crippen LogP contribution in [0.25, 0.3) is 0 Å². The molecular weight excluding hydrogens is 124 g/mol. The maximum atomic E-state index is 10.5. The van der Waals surface area contributed by atoms with Crippen LogP contribution in [0.4, 0.5) is 0 Å². The molecular formula is C4H4N2O3. The quantitative estimate of drug-likeness (QED) is 0.492. The van der Waals surface area contributed by atoms with Crippen molar-refractivity contribution in [3.63, 3.8) is 0 Å². The molecule has 0 atom stereocenters. The Morgan fingerprint density at radius 1 is 1.89 bits per heavy atom. The van der Waals surface area contributed by atoms with Crippen molar-refractivity contribution in [2.75, 3.05) is 7.11 Å². The van der Waals surface area contributed by atoms with E-state index in [9.17, 15) is 4.79 Å². The lowest BCUT2D eigenvalue weighted by molar-refractivity contribution is 0.0554. The first-order valence-corrected chi connectivity index (χ1v) is 2.20. The maximum Gasteiger partial charge on any atom is 0.378 e. The topological polar surface area (TPSA) is 65.2 Å². The van der Waals surface area contributed by atoms with Gasteiger partial charge in [0.25, 0.3) is 5.76 Å². The van der Waals surface area contributed by atoms with Crippen molar-refractivity contribution in [2.24, 2.45) is 0 Å². The van der Waals surface area contributed by atoms with Gasteiger partial charge in [0, 0.05) is 5.27 Å². The molecule has 0 saturated heterocycles. The minimum atomic E-state index is -0.569.